The highest BCUT2D eigenvalue weighted by Crippen LogP contribution is 2.32. The first-order valence-corrected chi connectivity index (χ1v) is 5.57. The van der Waals surface area contributed by atoms with Crippen molar-refractivity contribution in [1.29, 1.82) is 0 Å². The first kappa shape index (κ1) is 10.4. The van der Waals surface area contributed by atoms with Crippen LogP contribution in [0.4, 0.5) is 0 Å². The van der Waals surface area contributed by atoms with Crippen LogP contribution in [0.5, 0.6) is 0 Å². The van der Waals surface area contributed by atoms with Crippen molar-refractivity contribution in [3.05, 3.63) is 16.6 Å². The molecule has 0 atom stereocenters. The maximum absolute atomic E-state index is 12.1. The lowest BCUT2D eigenvalue weighted by molar-refractivity contribution is -0.0512. The summed E-state index contributed by atoms with van der Waals surface area (Å²) in [6, 6.07) is 0. The Hall–Kier alpha value is -1.76. The molecule has 2 aromatic rings. The van der Waals surface area contributed by atoms with Gasteiger partial charge in [-0.05, 0) is 19.3 Å². The van der Waals surface area contributed by atoms with Gasteiger partial charge in [-0.2, -0.15) is 5.10 Å². The summed E-state index contributed by atoms with van der Waals surface area (Å²) in [4.78, 5) is 12.1. The molecule has 1 aliphatic carbocycles. The maximum Gasteiger partial charge on any atom is 0.280 e. The first-order chi connectivity index (χ1) is 8.09. The van der Waals surface area contributed by atoms with Crippen LogP contribution in [0.1, 0.15) is 19.3 Å². The van der Waals surface area contributed by atoms with Crippen LogP contribution >= 0.6 is 0 Å². The minimum absolute atomic E-state index is 0.212. The minimum Gasteiger partial charge on any atom is -0.388 e. The van der Waals surface area contributed by atoms with Gasteiger partial charge >= 0.3 is 0 Å². The van der Waals surface area contributed by atoms with Crippen LogP contribution in [0, 0.1) is 0 Å². The normalized spacial score (nSPS) is 18.2. The predicted octanol–water partition coefficient (Wildman–Crippen LogP) is -0.560. The second-order valence-electron chi connectivity index (χ2n) is 4.64. The molecule has 0 saturated heterocycles. The summed E-state index contributed by atoms with van der Waals surface area (Å²) in [6.45, 7) is 0.212. The summed E-state index contributed by atoms with van der Waals surface area (Å²) < 4.78 is 2.73. The van der Waals surface area contributed by atoms with E-state index in [9.17, 15) is 9.90 Å². The fraction of sp³-hybridized carbons (Fsp3) is 0.600. The summed E-state index contributed by atoms with van der Waals surface area (Å²) >= 11 is 0. The number of rotatable bonds is 2. The van der Waals surface area contributed by atoms with E-state index >= 15 is 0 Å². The van der Waals surface area contributed by atoms with Crippen LogP contribution in [0.15, 0.2) is 11.0 Å². The van der Waals surface area contributed by atoms with Crippen LogP contribution in [0.2, 0.25) is 0 Å². The summed E-state index contributed by atoms with van der Waals surface area (Å²) in [7, 11) is 1.71. The summed E-state index contributed by atoms with van der Waals surface area (Å²) in [6.07, 6.45) is 3.90. The third kappa shape index (κ3) is 1.54. The molecule has 1 N–H and O–H groups in total. The predicted molar refractivity (Wildman–Crippen MR) is 59.4 cm³/mol. The monoisotopic (exact) mass is 235 g/mol. The summed E-state index contributed by atoms with van der Waals surface area (Å²) in [5.41, 5.74) is -0.565. The summed E-state index contributed by atoms with van der Waals surface area (Å²) in [5, 5.41) is 22.2. The molecule has 1 aliphatic rings. The molecular formula is C10H13N5O2. The van der Waals surface area contributed by atoms with Crippen molar-refractivity contribution in [3.63, 3.8) is 0 Å². The van der Waals surface area contributed by atoms with Gasteiger partial charge in [-0.1, -0.05) is 5.21 Å². The molecule has 0 unspecified atom stereocenters. The number of aryl methyl sites for hydroxylation is 1. The molecule has 0 spiro atoms. The third-order valence-corrected chi connectivity index (χ3v) is 3.35. The lowest BCUT2D eigenvalue weighted by atomic mass is 9.80. The van der Waals surface area contributed by atoms with E-state index < -0.39 is 5.60 Å². The Labute approximate surface area is 96.7 Å². The topological polar surface area (TPSA) is 85.8 Å². The average Bonchev–Trinajstić information content (AvgIpc) is 2.63. The standard InChI is InChI=1S/C10H13N5O2/c1-14-8-7(5-11-14)9(16)15(13-12-8)6-10(17)3-2-4-10/h5,17H,2-4,6H2,1H3. The number of aromatic nitrogens is 5. The molecule has 0 aliphatic heterocycles. The molecule has 1 saturated carbocycles. The van der Waals surface area contributed by atoms with Crippen molar-refractivity contribution >= 4 is 11.0 Å². The zero-order valence-electron chi connectivity index (χ0n) is 9.50. The van der Waals surface area contributed by atoms with Crippen LogP contribution < -0.4 is 5.56 Å². The molecule has 0 amide bonds. The SMILES string of the molecule is Cn1ncc2c(=O)n(CC3(O)CCC3)nnc21. The van der Waals surface area contributed by atoms with Crippen molar-refractivity contribution in [2.24, 2.45) is 7.05 Å². The first-order valence-electron chi connectivity index (χ1n) is 5.57. The van der Waals surface area contributed by atoms with Gasteiger partial charge in [0.05, 0.1) is 18.3 Å². The molecule has 2 heterocycles. The van der Waals surface area contributed by atoms with Gasteiger partial charge < -0.3 is 5.11 Å². The van der Waals surface area contributed by atoms with Crippen molar-refractivity contribution in [3.8, 4) is 0 Å². The van der Waals surface area contributed by atoms with Crippen LogP contribution in [-0.2, 0) is 13.6 Å². The van der Waals surface area contributed by atoms with Crippen molar-refractivity contribution in [2.75, 3.05) is 0 Å². The molecule has 7 nitrogen and oxygen atoms in total. The molecule has 17 heavy (non-hydrogen) atoms. The van der Waals surface area contributed by atoms with E-state index in [1.807, 2.05) is 0 Å². The van der Waals surface area contributed by atoms with E-state index in [0.717, 1.165) is 6.42 Å². The number of hydrogen-bond acceptors (Lipinski definition) is 5. The zero-order chi connectivity index (χ0) is 12.0. The molecule has 0 bridgehead atoms. The van der Waals surface area contributed by atoms with Gasteiger partial charge in [0.2, 0.25) is 0 Å². The minimum atomic E-state index is -0.783. The van der Waals surface area contributed by atoms with Gasteiger partial charge in [0.25, 0.3) is 5.56 Å². The highest BCUT2D eigenvalue weighted by atomic mass is 16.3. The van der Waals surface area contributed by atoms with Crippen LogP contribution in [0.25, 0.3) is 11.0 Å². The van der Waals surface area contributed by atoms with E-state index in [-0.39, 0.29) is 12.1 Å². The second kappa shape index (κ2) is 3.36. The second-order valence-corrected chi connectivity index (χ2v) is 4.64. The lowest BCUT2D eigenvalue weighted by Gasteiger charge is -2.36. The number of aliphatic hydroxyl groups is 1. The Balaban J connectivity index is 2.06. The van der Waals surface area contributed by atoms with E-state index in [4.69, 9.17) is 0 Å². The third-order valence-electron chi connectivity index (χ3n) is 3.35. The Bertz CT molecular complexity index is 625. The molecule has 1 fully saturated rings. The van der Waals surface area contributed by atoms with E-state index in [2.05, 4.69) is 15.4 Å². The number of fused-ring (bicyclic) bond motifs is 1. The average molecular weight is 235 g/mol. The van der Waals surface area contributed by atoms with E-state index in [1.54, 1.807) is 7.05 Å². The maximum atomic E-state index is 12.1. The molecule has 2 aromatic heterocycles. The van der Waals surface area contributed by atoms with Gasteiger partial charge in [-0.25, -0.2) is 9.36 Å². The fourth-order valence-corrected chi connectivity index (χ4v) is 2.10. The van der Waals surface area contributed by atoms with Gasteiger partial charge in [-0.15, -0.1) is 5.10 Å². The largest absolute Gasteiger partial charge is 0.388 e. The van der Waals surface area contributed by atoms with Crippen molar-refractivity contribution in [1.82, 2.24) is 24.8 Å². The zero-order valence-corrected chi connectivity index (χ0v) is 9.50. The highest BCUT2D eigenvalue weighted by Gasteiger charge is 2.35. The van der Waals surface area contributed by atoms with Crippen molar-refractivity contribution in [2.45, 2.75) is 31.4 Å². The molecule has 90 valence electrons. The Kier molecular flexibility index (Phi) is 2.06. The Morgan fingerprint density at radius 1 is 1.53 bits per heavy atom. The fourth-order valence-electron chi connectivity index (χ4n) is 2.10. The lowest BCUT2D eigenvalue weighted by Crippen LogP contribution is -2.44. The van der Waals surface area contributed by atoms with Gasteiger partial charge in [-0.3, -0.25) is 4.79 Å². The Morgan fingerprint density at radius 3 is 2.94 bits per heavy atom. The van der Waals surface area contributed by atoms with Gasteiger partial charge in [0.1, 0.15) is 5.39 Å². The van der Waals surface area contributed by atoms with Crippen molar-refractivity contribution < 1.29 is 5.11 Å². The number of nitrogens with zero attached hydrogens (tertiary/aromatic N) is 5. The molecule has 0 radical (unpaired) electrons. The summed E-state index contributed by atoms with van der Waals surface area (Å²) in [5.74, 6) is 0. The van der Waals surface area contributed by atoms with Gasteiger partial charge in [0, 0.05) is 7.05 Å². The van der Waals surface area contributed by atoms with Crippen LogP contribution in [0.3, 0.4) is 0 Å². The van der Waals surface area contributed by atoms with Gasteiger partial charge in [0.15, 0.2) is 5.65 Å². The quantitative estimate of drug-likeness (QED) is 0.754. The molecule has 0 aromatic carbocycles. The van der Waals surface area contributed by atoms with E-state index in [1.165, 1.54) is 15.6 Å². The molecule has 7 heteroatoms. The molecular weight excluding hydrogens is 222 g/mol. The molecule has 3 rings (SSSR count). The Morgan fingerprint density at radius 2 is 2.29 bits per heavy atom. The highest BCUT2D eigenvalue weighted by molar-refractivity contribution is 5.72. The van der Waals surface area contributed by atoms with Crippen LogP contribution in [-0.4, -0.2) is 35.5 Å². The number of hydrogen-bond donors (Lipinski definition) is 1. The smallest absolute Gasteiger partial charge is 0.280 e. The van der Waals surface area contributed by atoms with E-state index in [0.29, 0.717) is 23.9 Å².